The number of rotatable bonds is 3. The number of aromatic nitrogens is 2. The fraction of sp³-hybridized carbons (Fsp3) is 0.429. The van der Waals surface area contributed by atoms with Gasteiger partial charge in [-0.1, -0.05) is 0 Å². The van der Waals surface area contributed by atoms with Crippen molar-refractivity contribution in [1.29, 1.82) is 0 Å². The van der Waals surface area contributed by atoms with Gasteiger partial charge in [0, 0.05) is 19.2 Å². The molecule has 3 rings (SSSR count). The molecule has 1 saturated heterocycles. The van der Waals surface area contributed by atoms with E-state index in [1.54, 1.807) is 19.2 Å². The highest BCUT2D eigenvalue weighted by molar-refractivity contribution is 5.64. The quantitative estimate of drug-likeness (QED) is 0.927. The van der Waals surface area contributed by atoms with Crippen LogP contribution in [0.3, 0.4) is 0 Å². The Kier molecular flexibility index (Phi) is 3.45. The lowest BCUT2D eigenvalue weighted by Crippen LogP contribution is -2.30. The van der Waals surface area contributed by atoms with E-state index in [2.05, 4.69) is 15.0 Å². The molecule has 1 N–H and O–H groups in total. The lowest BCUT2D eigenvalue weighted by Gasteiger charge is -2.24. The summed E-state index contributed by atoms with van der Waals surface area (Å²) in [6, 6.07) is 4.99. The minimum atomic E-state index is 0.0678. The Morgan fingerprint density at radius 1 is 1.25 bits per heavy atom. The normalized spacial score (nSPS) is 15.3. The molecule has 0 bridgehead atoms. The van der Waals surface area contributed by atoms with Gasteiger partial charge in [-0.3, -0.25) is 0 Å². The highest BCUT2D eigenvalue weighted by atomic mass is 16.5. The summed E-state index contributed by atoms with van der Waals surface area (Å²) in [5.74, 6) is 1.57. The first-order chi connectivity index (χ1) is 9.78. The minimum absolute atomic E-state index is 0.0678. The van der Waals surface area contributed by atoms with Gasteiger partial charge in [-0.15, -0.1) is 0 Å². The summed E-state index contributed by atoms with van der Waals surface area (Å²) >= 11 is 0. The molecule has 2 aromatic rings. The summed E-state index contributed by atoms with van der Waals surface area (Å²) in [4.78, 5) is 6.48. The predicted molar refractivity (Wildman–Crippen MR) is 74.0 cm³/mol. The van der Waals surface area contributed by atoms with E-state index in [0.29, 0.717) is 23.2 Å². The van der Waals surface area contributed by atoms with Gasteiger partial charge < -0.3 is 19.3 Å². The molecule has 1 aliphatic heterocycles. The van der Waals surface area contributed by atoms with Crippen LogP contribution in [0.25, 0.3) is 11.5 Å². The maximum atomic E-state index is 9.97. The molecular weight excluding hydrogens is 258 g/mol. The molecule has 106 valence electrons. The van der Waals surface area contributed by atoms with E-state index in [4.69, 9.17) is 9.26 Å². The van der Waals surface area contributed by atoms with Gasteiger partial charge in [0.15, 0.2) is 0 Å². The fourth-order valence-electron chi connectivity index (χ4n) is 2.37. The van der Waals surface area contributed by atoms with E-state index in [1.165, 1.54) is 12.5 Å². The van der Waals surface area contributed by atoms with Crippen LogP contribution in [0.1, 0.15) is 19.3 Å². The van der Waals surface area contributed by atoms with Crippen molar-refractivity contribution in [3.63, 3.8) is 0 Å². The molecule has 20 heavy (non-hydrogen) atoms. The largest absolute Gasteiger partial charge is 0.507 e. The summed E-state index contributed by atoms with van der Waals surface area (Å²) in [6.07, 6.45) is 3.55. The fourth-order valence-corrected chi connectivity index (χ4v) is 2.37. The number of hydrogen-bond acceptors (Lipinski definition) is 6. The van der Waals surface area contributed by atoms with Crippen molar-refractivity contribution in [3.05, 3.63) is 18.2 Å². The zero-order valence-electron chi connectivity index (χ0n) is 11.4. The molecule has 1 fully saturated rings. The number of benzene rings is 1. The zero-order chi connectivity index (χ0) is 13.9. The van der Waals surface area contributed by atoms with Gasteiger partial charge in [-0.2, -0.15) is 4.98 Å². The monoisotopic (exact) mass is 275 g/mol. The lowest BCUT2D eigenvalue weighted by atomic mass is 10.1. The van der Waals surface area contributed by atoms with Crippen molar-refractivity contribution in [1.82, 2.24) is 10.1 Å². The van der Waals surface area contributed by atoms with Crippen molar-refractivity contribution in [3.8, 4) is 23.0 Å². The van der Waals surface area contributed by atoms with Crippen molar-refractivity contribution >= 4 is 5.95 Å². The standard InChI is InChI=1S/C14H17N3O3/c1-19-10-5-6-11(12(18)9-10)13-15-14(16-20-13)17-7-3-2-4-8-17/h5-6,9,18H,2-4,7-8H2,1H3. The number of methoxy groups -OCH3 is 1. The molecule has 0 atom stereocenters. The average Bonchev–Trinajstić information content (AvgIpc) is 2.97. The molecule has 0 spiro atoms. The number of hydrogen-bond donors (Lipinski definition) is 1. The van der Waals surface area contributed by atoms with Crippen LogP contribution in [0.15, 0.2) is 22.7 Å². The molecule has 1 aromatic carbocycles. The third-order valence-corrected chi connectivity index (χ3v) is 3.49. The molecule has 0 amide bonds. The summed E-state index contributed by atoms with van der Waals surface area (Å²) < 4.78 is 10.3. The van der Waals surface area contributed by atoms with Crippen molar-refractivity contribution in [2.75, 3.05) is 25.1 Å². The summed E-state index contributed by atoms with van der Waals surface area (Å²) in [5, 5.41) is 14.0. The molecule has 0 aliphatic carbocycles. The summed E-state index contributed by atoms with van der Waals surface area (Å²) in [5.41, 5.74) is 0.515. The van der Waals surface area contributed by atoms with Crippen molar-refractivity contribution in [2.24, 2.45) is 0 Å². The van der Waals surface area contributed by atoms with E-state index in [-0.39, 0.29) is 5.75 Å². The third kappa shape index (κ3) is 2.41. The second kappa shape index (κ2) is 5.40. The number of aromatic hydroxyl groups is 1. The van der Waals surface area contributed by atoms with Gasteiger partial charge >= 0.3 is 0 Å². The molecule has 6 nitrogen and oxygen atoms in total. The molecule has 0 saturated carbocycles. The van der Waals surface area contributed by atoms with Crippen LogP contribution in [0, 0.1) is 0 Å². The Hall–Kier alpha value is -2.24. The van der Waals surface area contributed by atoms with Crippen LogP contribution < -0.4 is 9.64 Å². The van der Waals surface area contributed by atoms with E-state index < -0.39 is 0 Å². The summed E-state index contributed by atoms with van der Waals surface area (Å²) in [6.45, 7) is 1.90. The van der Waals surface area contributed by atoms with Crippen LogP contribution >= 0.6 is 0 Å². The van der Waals surface area contributed by atoms with E-state index in [0.717, 1.165) is 25.9 Å². The first-order valence-electron chi connectivity index (χ1n) is 6.74. The number of ether oxygens (including phenoxy) is 1. The summed E-state index contributed by atoms with van der Waals surface area (Å²) in [7, 11) is 1.55. The molecular formula is C14H17N3O3. The highest BCUT2D eigenvalue weighted by Crippen LogP contribution is 2.32. The number of piperidine rings is 1. The Labute approximate surface area is 117 Å². The van der Waals surface area contributed by atoms with Crippen LogP contribution in [-0.2, 0) is 0 Å². The maximum Gasteiger partial charge on any atom is 0.266 e. The molecule has 1 aliphatic rings. The molecule has 6 heteroatoms. The Bertz CT molecular complexity index is 591. The van der Waals surface area contributed by atoms with Gasteiger partial charge in [-0.25, -0.2) is 0 Å². The zero-order valence-corrected chi connectivity index (χ0v) is 11.4. The van der Waals surface area contributed by atoms with Gasteiger partial charge in [0.2, 0.25) is 0 Å². The van der Waals surface area contributed by atoms with Crippen LogP contribution in [0.2, 0.25) is 0 Å². The number of anilines is 1. The van der Waals surface area contributed by atoms with Gasteiger partial charge in [0.05, 0.1) is 12.7 Å². The first-order valence-corrected chi connectivity index (χ1v) is 6.74. The van der Waals surface area contributed by atoms with E-state index in [9.17, 15) is 5.11 Å². The number of nitrogens with zero attached hydrogens (tertiary/aromatic N) is 3. The van der Waals surface area contributed by atoms with Crippen LogP contribution in [0.4, 0.5) is 5.95 Å². The van der Waals surface area contributed by atoms with E-state index >= 15 is 0 Å². The van der Waals surface area contributed by atoms with Crippen LogP contribution in [0.5, 0.6) is 11.5 Å². The van der Waals surface area contributed by atoms with Gasteiger partial charge in [0.25, 0.3) is 11.8 Å². The number of phenolic OH excluding ortho intramolecular Hbond substituents is 1. The van der Waals surface area contributed by atoms with Gasteiger partial charge in [-0.05, 0) is 36.6 Å². The molecule has 0 radical (unpaired) electrons. The van der Waals surface area contributed by atoms with Crippen LogP contribution in [-0.4, -0.2) is 35.4 Å². The second-order valence-corrected chi connectivity index (χ2v) is 4.83. The molecule has 0 unspecified atom stereocenters. The molecule has 2 heterocycles. The Balaban J connectivity index is 1.85. The Morgan fingerprint density at radius 2 is 2.05 bits per heavy atom. The maximum absolute atomic E-state index is 9.97. The minimum Gasteiger partial charge on any atom is -0.507 e. The molecule has 1 aromatic heterocycles. The predicted octanol–water partition coefficient (Wildman–Crippen LogP) is 2.44. The lowest BCUT2D eigenvalue weighted by molar-refractivity contribution is 0.405. The smallest absolute Gasteiger partial charge is 0.266 e. The average molecular weight is 275 g/mol. The third-order valence-electron chi connectivity index (χ3n) is 3.49. The highest BCUT2D eigenvalue weighted by Gasteiger charge is 2.19. The van der Waals surface area contributed by atoms with E-state index in [1.807, 2.05) is 0 Å². The van der Waals surface area contributed by atoms with Gasteiger partial charge in [0.1, 0.15) is 11.5 Å². The van der Waals surface area contributed by atoms with Crippen molar-refractivity contribution < 1.29 is 14.4 Å². The number of phenols is 1. The second-order valence-electron chi connectivity index (χ2n) is 4.83. The Morgan fingerprint density at radius 3 is 2.75 bits per heavy atom. The van der Waals surface area contributed by atoms with Crippen molar-refractivity contribution in [2.45, 2.75) is 19.3 Å². The topological polar surface area (TPSA) is 71.6 Å². The first kappa shape index (κ1) is 12.8. The SMILES string of the molecule is COc1ccc(-c2nc(N3CCCCC3)no2)c(O)c1.